The highest BCUT2D eigenvalue weighted by Crippen LogP contribution is 2.29. The second kappa shape index (κ2) is 9.61. The van der Waals surface area contributed by atoms with Crippen molar-refractivity contribution >= 4 is 29.2 Å². The normalized spacial score (nSPS) is 10.5. The van der Waals surface area contributed by atoms with E-state index in [1.54, 1.807) is 32.0 Å². The zero-order valence-corrected chi connectivity index (χ0v) is 17.3. The van der Waals surface area contributed by atoms with Crippen LogP contribution in [0.25, 0.3) is 0 Å². The molecule has 0 saturated heterocycles. The van der Waals surface area contributed by atoms with Crippen LogP contribution in [-0.4, -0.2) is 39.1 Å². The number of carbonyl (C=O) groups excluding carboxylic acids is 2. The molecule has 0 spiro atoms. The minimum Gasteiger partial charge on any atom is -0.507 e. The number of carboxylic acids is 1. The number of amides is 2. The molecule has 0 aliphatic rings. The first-order valence-electron chi connectivity index (χ1n) is 9.65. The van der Waals surface area contributed by atoms with Gasteiger partial charge in [0.15, 0.2) is 0 Å². The molecule has 0 fully saturated rings. The number of aromatic carboxylic acids is 1. The standard InChI is InChI=1S/C23H21N3O6/c1-13(2)32-20-11-14(23(30)31)6-9-17(20)26-21(28)16-8-7-15(12-19(16)27)25-22(29)18-5-3-4-10-24-18/h3-13,27H,1-2H3,(H,25,29)(H,26,28)(H,30,31). The van der Waals surface area contributed by atoms with Gasteiger partial charge in [-0.05, 0) is 56.3 Å². The molecule has 2 aromatic carbocycles. The maximum atomic E-state index is 12.7. The molecule has 164 valence electrons. The van der Waals surface area contributed by atoms with Crippen LogP contribution in [0.5, 0.6) is 11.5 Å². The van der Waals surface area contributed by atoms with Crippen LogP contribution in [0.15, 0.2) is 60.8 Å². The number of pyridine rings is 1. The predicted molar refractivity (Wildman–Crippen MR) is 117 cm³/mol. The van der Waals surface area contributed by atoms with Crippen molar-refractivity contribution in [1.29, 1.82) is 0 Å². The zero-order chi connectivity index (χ0) is 23.3. The van der Waals surface area contributed by atoms with E-state index in [0.717, 1.165) is 0 Å². The van der Waals surface area contributed by atoms with Crippen LogP contribution in [0.2, 0.25) is 0 Å². The lowest BCUT2D eigenvalue weighted by molar-refractivity contribution is 0.0695. The SMILES string of the molecule is CC(C)Oc1cc(C(=O)O)ccc1NC(=O)c1ccc(NC(=O)c2ccccn2)cc1O. The van der Waals surface area contributed by atoms with Gasteiger partial charge in [0.05, 0.1) is 22.9 Å². The van der Waals surface area contributed by atoms with E-state index in [9.17, 15) is 24.6 Å². The number of benzene rings is 2. The summed E-state index contributed by atoms with van der Waals surface area (Å²) < 4.78 is 5.61. The molecule has 32 heavy (non-hydrogen) atoms. The van der Waals surface area contributed by atoms with Gasteiger partial charge >= 0.3 is 5.97 Å². The summed E-state index contributed by atoms with van der Waals surface area (Å²) in [7, 11) is 0. The highest BCUT2D eigenvalue weighted by molar-refractivity contribution is 6.08. The Bertz CT molecular complexity index is 1160. The van der Waals surface area contributed by atoms with Gasteiger partial charge in [0.2, 0.25) is 0 Å². The van der Waals surface area contributed by atoms with Gasteiger partial charge in [0, 0.05) is 18.0 Å². The number of hydrogen-bond acceptors (Lipinski definition) is 6. The van der Waals surface area contributed by atoms with Crippen molar-refractivity contribution in [3.63, 3.8) is 0 Å². The second-order valence-electron chi connectivity index (χ2n) is 7.04. The van der Waals surface area contributed by atoms with E-state index in [0.29, 0.717) is 0 Å². The lowest BCUT2D eigenvalue weighted by atomic mass is 10.1. The third-order valence-corrected chi connectivity index (χ3v) is 4.24. The molecule has 9 heteroatoms. The number of hydrogen-bond donors (Lipinski definition) is 4. The van der Waals surface area contributed by atoms with Crippen molar-refractivity contribution in [3.05, 3.63) is 77.6 Å². The Balaban J connectivity index is 1.78. The molecule has 0 aliphatic carbocycles. The molecule has 3 rings (SSSR count). The molecular weight excluding hydrogens is 414 g/mol. The Morgan fingerprint density at radius 1 is 0.969 bits per heavy atom. The number of aromatic hydroxyl groups is 1. The quantitative estimate of drug-likeness (QED) is 0.443. The number of anilines is 2. The smallest absolute Gasteiger partial charge is 0.335 e. The van der Waals surface area contributed by atoms with Crippen LogP contribution in [0.1, 0.15) is 45.1 Å². The maximum Gasteiger partial charge on any atom is 0.335 e. The van der Waals surface area contributed by atoms with Gasteiger partial charge in [-0.1, -0.05) is 6.07 Å². The van der Waals surface area contributed by atoms with Crippen LogP contribution in [0.4, 0.5) is 11.4 Å². The van der Waals surface area contributed by atoms with Crippen LogP contribution in [0.3, 0.4) is 0 Å². The highest BCUT2D eigenvalue weighted by Gasteiger charge is 2.17. The van der Waals surface area contributed by atoms with Gasteiger partial charge in [0.1, 0.15) is 17.2 Å². The molecule has 0 bridgehead atoms. The van der Waals surface area contributed by atoms with Crippen LogP contribution < -0.4 is 15.4 Å². The number of phenols is 1. The summed E-state index contributed by atoms with van der Waals surface area (Å²) in [6.07, 6.45) is 1.23. The van der Waals surface area contributed by atoms with E-state index >= 15 is 0 Å². The molecule has 0 atom stereocenters. The van der Waals surface area contributed by atoms with Crippen molar-refractivity contribution < 1.29 is 29.3 Å². The monoisotopic (exact) mass is 435 g/mol. The van der Waals surface area contributed by atoms with Crippen LogP contribution in [-0.2, 0) is 0 Å². The Morgan fingerprint density at radius 2 is 1.75 bits per heavy atom. The molecular formula is C23H21N3O6. The maximum absolute atomic E-state index is 12.7. The number of aromatic nitrogens is 1. The third kappa shape index (κ3) is 5.39. The van der Waals surface area contributed by atoms with Gasteiger partial charge in [-0.3, -0.25) is 14.6 Å². The number of nitrogens with one attached hydrogen (secondary N) is 2. The number of phenolic OH excluding ortho intramolecular Hbond substituents is 1. The topological polar surface area (TPSA) is 138 Å². The molecule has 1 aromatic heterocycles. The average molecular weight is 435 g/mol. The van der Waals surface area contributed by atoms with Gasteiger partial charge in [0.25, 0.3) is 11.8 Å². The minimum atomic E-state index is -1.13. The number of ether oxygens (including phenoxy) is 1. The lowest BCUT2D eigenvalue weighted by Gasteiger charge is -2.16. The Morgan fingerprint density at radius 3 is 2.38 bits per heavy atom. The summed E-state index contributed by atoms with van der Waals surface area (Å²) in [5.74, 6) is -2.39. The minimum absolute atomic E-state index is 0.00879. The highest BCUT2D eigenvalue weighted by atomic mass is 16.5. The van der Waals surface area contributed by atoms with Crippen molar-refractivity contribution in [2.24, 2.45) is 0 Å². The van der Waals surface area contributed by atoms with Gasteiger partial charge in [-0.2, -0.15) is 0 Å². The lowest BCUT2D eigenvalue weighted by Crippen LogP contribution is -2.16. The first-order valence-corrected chi connectivity index (χ1v) is 9.65. The molecule has 3 aromatic rings. The van der Waals surface area contributed by atoms with E-state index in [-0.39, 0.29) is 45.8 Å². The van der Waals surface area contributed by atoms with E-state index in [1.807, 2.05) is 0 Å². The first-order chi connectivity index (χ1) is 15.2. The largest absolute Gasteiger partial charge is 0.507 e. The van der Waals surface area contributed by atoms with Crippen molar-refractivity contribution in [1.82, 2.24) is 4.98 Å². The molecule has 0 aliphatic heterocycles. The second-order valence-corrected chi connectivity index (χ2v) is 7.04. The molecule has 1 heterocycles. The number of nitrogens with zero attached hydrogens (tertiary/aromatic N) is 1. The molecule has 9 nitrogen and oxygen atoms in total. The Kier molecular flexibility index (Phi) is 6.69. The summed E-state index contributed by atoms with van der Waals surface area (Å²) in [5, 5.41) is 24.7. The third-order valence-electron chi connectivity index (χ3n) is 4.24. The Hall–Kier alpha value is -4.40. The van der Waals surface area contributed by atoms with E-state index in [2.05, 4.69) is 15.6 Å². The molecule has 0 unspecified atom stereocenters. The summed E-state index contributed by atoms with van der Waals surface area (Å²) in [5.41, 5.74) is 0.703. The fraction of sp³-hybridized carbons (Fsp3) is 0.130. The molecule has 2 amide bonds. The summed E-state index contributed by atoms with van der Waals surface area (Å²) >= 11 is 0. The summed E-state index contributed by atoms with van der Waals surface area (Å²) in [6, 6.07) is 13.0. The average Bonchev–Trinajstić information content (AvgIpc) is 2.75. The van der Waals surface area contributed by atoms with Gasteiger partial charge < -0.3 is 25.6 Å². The number of carboxylic acid groups (broad SMARTS) is 1. The molecule has 4 N–H and O–H groups in total. The number of rotatable bonds is 7. The van der Waals surface area contributed by atoms with Gasteiger partial charge in [-0.15, -0.1) is 0 Å². The van der Waals surface area contributed by atoms with Crippen molar-refractivity contribution in [2.75, 3.05) is 10.6 Å². The van der Waals surface area contributed by atoms with Crippen molar-refractivity contribution in [2.45, 2.75) is 20.0 Å². The fourth-order valence-electron chi connectivity index (χ4n) is 2.79. The van der Waals surface area contributed by atoms with E-state index in [1.165, 1.54) is 42.6 Å². The fourth-order valence-corrected chi connectivity index (χ4v) is 2.79. The van der Waals surface area contributed by atoms with Crippen LogP contribution >= 0.6 is 0 Å². The number of carbonyl (C=O) groups is 3. The van der Waals surface area contributed by atoms with Crippen LogP contribution in [0, 0.1) is 0 Å². The first kappa shape index (κ1) is 22.3. The Labute approximate surface area is 183 Å². The summed E-state index contributed by atoms with van der Waals surface area (Å²) in [4.78, 5) is 40.1. The molecule has 0 saturated carbocycles. The predicted octanol–water partition coefficient (Wildman–Crippen LogP) is 3.78. The van der Waals surface area contributed by atoms with E-state index < -0.39 is 17.8 Å². The molecule has 0 radical (unpaired) electrons. The summed E-state index contributed by atoms with van der Waals surface area (Å²) in [6.45, 7) is 3.53. The van der Waals surface area contributed by atoms with Gasteiger partial charge in [-0.25, -0.2) is 4.79 Å². The van der Waals surface area contributed by atoms with Crippen molar-refractivity contribution in [3.8, 4) is 11.5 Å². The van der Waals surface area contributed by atoms with E-state index in [4.69, 9.17) is 4.74 Å². The zero-order valence-electron chi connectivity index (χ0n) is 17.3.